The maximum absolute atomic E-state index is 10.8. The van der Waals surface area contributed by atoms with Crippen LogP contribution in [0.4, 0.5) is 5.69 Å². The Kier molecular flexibility index (Phi) is 5.54. The molecule has 0 saturated carbocycles. The zero-order valence-electron chi connectivity index (χ0n) is 10.8. The smallest absolute Gasteiger partial charge is 0.273 e. The van der Waals surface area contributed by atoms with Crippen LogP contribution in [0.2, 0.25) is 0 Å². The predicted molar refractivity (Wildman–Crippen MR) is 69.7 cm³/mol. The van der Waals surface area contributed by atoms with Crippen molar-refractivity contribution in [2.75, 3.05) is 27.2 Å². The molecule has 0 saturated heterocycles. The van der Waals surface area contributed by atoms with Crippen LogP contribution in [0.5, 0.6) is 5.75 Å². The summed E-state index contributed by atoms with van der Waals surface area (Å²) in [6.45, 7) is 2.14. The lowest BCUT2D eigenvalue weighted by atomic mass is 10.1. The van der Waals surface area contributed by atoms with Gasteiger partial charge in [0.2, 0.25) is 0 Å². The van der Waals surface area contributed by atoms with Gasteiger partial charge in [-0.15, -0.1) is 0 Å². The van der Waals surface area contributed by atoms with Gasteiger partial charge in [0, 0.05) is 12.6 Å². The molecule has 0 bridgehead atoms. The standard InChI is InChI=1S/C12H19N3O3/c1-14(5-3-4-13)9-10-6-11(15(16)17)8-12(7-10)18-2/h6-8H,3-5,9,13H2,1-2H3. The van der Waals surface area contributed by atoms with E-state index in [9.17, 15) is 10.1 Å². The van der Waals surface area contributed by atoms with Crippen LogP contribution in [-0.4, -0.2) is 37.1 Å². The van der Waals surface area contributed by atoms with E-state index in [1.165, 1.54) is 13.2 Å². The molecule has 0 aliphatic rings. The minimum atomic E-state index is -0.411. The van der Waals surface area contributed by atoms with E-state index in [4.69, 9.17) is 10.5 Å². The van der Waals surface area contributed by atoms with Crippen molar-refractivity contribution in [2.45, 2.75) is 13.0 Å². The first kappa shape index (κ1) is 14.4. The Bertz CT molecular complexity index is 410. The molecular formula is C12H19N3O3. The summed E-state index contributed by atoms with van der Waals surface area (Å²) in [6, 6.07) is 4.80. The summed E-state index contributed by atoms with van der Waals surface area (Å²) < 4.78 is 5.07. The number of benzene rings is 1. The van der Waals surface area contributed by atoms with Crippen LogP contribution in [0.25, 0.3) is 0 Å². The number of nitrogens with zero attached hydrogens (tertiary/aromatic N) is 2. The maximum atomic E-state index is 10.8. The number of rotatable bonds is 7. The van der Waals surface area contributed by atoms with Crippen molar-refractivity contribution < 1.29 is 9.66 Å². The van der Waals surface area contributed by atoms with E-state index in [2.05, 4.69) is 4.90 Å². The third-order valence-corrected chi connectivity index (χ3v) is 2.59. The van der Waals surface area contributed by atoms with Crippen molar-refractivity contribution in [3.63, 3.8) is 0 Å². The Labute approximate surface area is 106 Å². The fourth-order valence-electron chi connectivity index (χ4n) is 1.71. The molecule has 0 spiro atoms. The minimum absolute atomic E-state index is 0.0524. The molecule has 0 atom stereocenters. The molecule has 0 aromatic heterocycles. The highest BCUT2D eigenvalue weighted by Gasteiger charge is 2.11. The van der Waals surface area contributed by atoms with Crippen molar-refractivity contribution in [3.8, 4) is 5.75 Å². The molecule has 6 nitrogen and oxygen atoms in total. The Morgan fingerprint density at radius 3 is 2.72 bits per heavy atom. The third-order valence-electron chi connectivity index (χ3n) is 2.59. The van der Waals surface area contributed by atoms with E-state index < -0.39 is 4.92 Å². The molecule has 6 heteroatoms. The largest absolute Gasteiger partial charge is 0.496 e. The molecule has 0 fully saturated rings. The SMILES string of the molecule is COc1cc(CN(C)CCCN)cc([N+](=O)[O-])c1. The minimum Gasteiger partial charge on any atom is -0.496 e. The number of hydrogen-bond donors (Lipinski definition) is 1. The van der Waals surface area contributed by atoms with Crippen LogP contribution in [0.3, 0.4) is 0 Å². The second-order valence-corrected chi connectivity index (χ2v) is 4.18. The van der Waals surface area contributed by atoms with Gasteiger partial charge in [-0.2, -0.15) is 0 Å². The van der Waals surface area contributed by atoms with Crippen molar-refractivity contribution >= 4 is 5.69 Å². The molecule has 0 unspecified atom stereocenters. The quantitative estimate of drug-likeness (QED) is 0.586. The monoisotopic (exact) mass is 253 g/mol. The van der Waals surface area contributed by atoms with E-state index in [-0.39, 0.29) is 5.69 Å². The normalized spacial score (nSPS) is 10.7. The molecule has 1 aromatic rings. The highest BCUT2D eigenvalue weighted by Crippen LogP contribution is 2.23. The predicted octanol–water partition coefficient (Wildman–Crippen LogP) is 1.38. The van der Waals surface area contributed by atoms with Crippen LogP contribution >= 0.6 is 0 Å². The summed E-state index contributed by atoms with van der Waals surface area (Å²) in [4.78, 5) is 12.5. The van der Waals surface area contributed by atoms with E-state index >= 15 is 0 Å². The second-order valence-electron chi connectivity index (χ2n) is 4.18. The van der Waals surface area contributed by atoms with Crippen LogP contribution in [0, 0.1) is 10.1 Å². The molecule has 18 heavy (non-hydrogen) atoms. The van der Waals surface area contributed by atoms with Crippen LogP contribution < -0.4 is 10.5 Å². The molecule has 0 aliphatic carbocycles. The van der Waals surface area contributed by atoms with Crippen molar-refractivity contribution in [3.05, 3.63) is 33.9 Å². The molecule has 0 radical (unpaired) electrons. The molecule has 0 heterocycles. The zero-order valence-corrected chi connectivity index (χ0v) is 10.8. The second kappa shape index (κ2) is 6.93. The topological polar surface area (TPSA) is 81.6 Å². The van der Waals surface area contributed by atoms with Crippen molar-refractivity contribution in [2.24, 2.45) is 5.73 Å². The lowest BCUT2D eigenvalue weighted by molar-refractivity contribution is -0.385. The Morgan fingerprint density at radius 2 is 2.17 bits per heavy atom. The van der Waals surface area contributed by atoms with Crippen molar-refractivity contribution in [1.29, 1.82) is 0 Å². The summed E-state index contributed by atoms with van der Waals surface area (Å²) in [5.41, 5.74) is 6.36. The van der Waals surface area contributed by atoms with Gasteiger partial charge in [0.05, 0.1) is 18.1 Å². The first-order valence-corrected chi connectivity index (χ1v) is 5.77. The van der Waals surface area contributed by atoms with Gasteiger partial charge >= 0.3 is 0 Å². The van der Waals surface area contributed by atoms with E-state index in [0.29, 0.717) is 18.8 Å². The summed E-state index contributed by atoms with van der Waals surface area (Å²) >= 11 is 0. The van der Waals surface area contributed by atoms with Crippen molar-refractivity contribution in [1.82, 2.24) is 4.90 Å². The van der Waals surface area contributed by atoms with Gasteiger partial charge in [-0.05, 0) is 38.2 Å². The Hall–Kier alpha value is -1.66. The fraction of sp³-hybridized carbons (Fsp3) is 0.500. The van der Waals surface area contributed by atoms with E-state index in [1.807, 2.05) is 13.1 Å². The Morgan fingerprint density at radius 1 is 1.44 bits per heavy atom. The summed E-state index contributed by atoms with van der Waals surface area (Å²) in [6.07, 6.45) is 0.905. The Balaban J connectivity index is 2.81. The van der Waals surface area contributed by atoms with Gasteiger partial charge in [0.1, 0.15) is 5.75 Å². The summed E-state index contributed by atoms with van der Waals surface area (Å²) in [5.74, 6) is 0.506. The number of nitrogens with two attached hydrogens (primary N) is 1. The number of nitro groups is 1. The molecule has 0 aliphatic heterocycles. The molecule has 1 aromatic carbocycles. The van der Waals surface area contributed by atoms with Crippen LogP contribution in [0.1, 0.15) is 12.0 Å². The lowest BCUT2D eigenvalue weighted by Crippen LogP contribution is -2.21. The highest BCUT2D eigenvalue weighted by molar-refractivity contribution is 5.42. The molecule has 0 amide bonds. The van der Waals surface area contributed by atoms with Crippen LogP contribution in [0.15, 0.2) is 18.2 Å². The molecule has 2 N–H and O–H groups in total. The third kappa shape index (κ3) is 4.31. The molecule has 100 valence electrons. The number of non-ortho nitro benzene ring substituents is 1. The van der Waals surface area contributed by atoms with Gasteiger partial charge in [0.25, 0.3) is 5.69 Å². The van der Waals surface area contributed by atoms with Gasteiger partial charge in [-0.1, -0.05) is 0 Å². The first-order valence-electron chi connectivity index (χ1n) is 5.77. The molecule has 1 rings (SSSR count). The number of ether oxygens (including phenoxy) is 1. The number of hydrogen-bond acceptors (Lipinski definition) is 5. The van der Waals surface area contributed by atoms with Gasteiger partial charge < -0.3 is 15.4 Å². The number of nitro benzene ring substituents is 1. The van der Waals surface area contributed by atoms with E-state index in [0.717, 1.165) is 18.5 Å². The summed E-state index contributed by atoms with van der Waals surface area (Å²) in [7, 11) is 3.46. The summed E-state index contributed by atoms with van der Waals surface area (Å²) in [5, 5.41) is 10.8. The zero-order chi connectivity index (χ0) is 13.5. The van der Waals surface area contributed by atoms with Gasteiger partial charge in [0.15, 0.2) is 0 Å². The van der Waals surface area contributed by atoms with Gasteiger partial charge in [-0.3, -0.25) is 10.1 Å². The maximum Gasteiger partial charge on any atom is 0.273 e. The first-order chi connectivity index (χ1) is 8.56. The average molecular weight is 253 g/mol. The fourth-order valence-corrected chi connectivity index (χ4v) is 1.71. The van der Waals surface area contributed by atoms with E-state index in [1.54, 1.807) is 6.07 Å². The molecular weight excluding hydrogens is 234 g/mol. The highest BCUT2D eigenvalue weighted by atomic mass is 16.6. The lowest BCUT2D eigenvalue weighted by Gasteiger charge is -2.16. The average Bonchev–Trinajstić information content (AvgIpc) is 2.35. The number of methoxy groups -OCH3 is 1. The van der Waals surface area contributed by atoms with Crippen LogP contribution in [-0.2, 0) is 6.54 Å². The van der Waals surface area contributed by atoms with Gasteiger partial charge in [-0.25, -0.2) is 0 Å².